The molecule has 0 bridgehead atoms. The van der Waals surface area contributed by atoms with E-state index < -0.39 is 17.6 Å². The Morgan fingerprint density at radius 1 is 1.11 bits per heavy atom. The van der Waals surface area contributed by atoms with E-state index in [1.165, 1.54) is 17.0 Å². The van der Waals surface area contributed by atoms with Crippen LogP contribution in [0.5, 0.6) is 0 Å². The number of hydrogen-bond acceptors (Lipinski definition) is 2. The Bertz CT molecular complexity index is 799. The first-order valence-electron chi connectivity index (χ1n) is 9.04. The molecular formula is C20H23F3N3O+. The molecule has 27 heavy (non-hydrogen) atoms. The average Bonchev–Trinajstić information content (AvgIpc) is 2.68. The number of rotatable bonds is 4. The molecule has 1 fully saturated rings. The number of alkyl halides is 3. The summed E-state index contributed by atoms with van der Waals surface area (Å²) in [7, 11) is 0. The zero-order chi connectivity index (χ0) is 19.4. The lowest BCUT2D eigenvalue weighted by molar-refractivity contribution is -0.898. The minimum absolute atomic E-state index is 0.0140. The summed E-state index contributed by atoms with van der Waals surface area (Å²) in [5, 5.41) is 2.77. The molecule has 0 unspecified atom stereocenters. The second-order valence-electron chi connectivity index (χ2n) is 6.64. The highest BCUT2D eigenvalue weighted by atomic mass is 19.4. The summed E-state index contributed by atoms with van der Waals surface area (Å²) in [5.74, 6) is -0.550. The van der Waals surface area contributed by atoms with Gasteiger partial charge < -0.3 is 15.1 Å². The van der Waals surface area contributed by atoms with Crippen molar-refractivity contribution < 1.29 is 22.9 Å². The standard InChI is InChI=1S/C20H22F3N3O/c1-2-25-10-12-26(13-11-25)18-9-4-3-8-17(18)24-19(27)15-6-5-7-16(14-15)20(21,22)23/h3-9,14H,2,10-13H2,1H3,(H,24,27)/p+1. The molecule has 2 aromatic carbocycles. The van der Waals surface area contributed by atoms with Crippen LogP contribution in [-0.2, 0) is 6.18 Å². The fourth-order valence-electron chi connectivity index (χ4n) is 3.30. The molecule has 3 rings (SSSR count). The smallest absolute Gasteiger partial charge is 0.359 e. The van der Waals surface area contributed by atoms with Crippen LogP contribution >= 0.6 is 0 Å². The normalized spacial score (nSPS) is 15.6. The van der Waals surface area contributed by atoms with Gasteiger partial charge in [-0.3, -0.25) is 4.79 Å². The lowest BCUT2D eigenvalue weighted by Crippen LogP contribution is -3.14. The molecule has 0 atom stereocenters. The monoisotopic (exact) mass is 378 g/mol. The van der Waals surface area contributed by atoms with E-state index in [9.17, 15) is 18.0 Å². The third kappa shape index (κ3) is 4.60. The van der Waals surface area contributed by atoms with Crippen molar-refractivity contribution in [3.05, 3.63) is 59.7 Å². The summed E-state index contributed by atoms with van der Waals surface area (Å²) in [5.41, 5.74) is 0.662. The molecule has 7 heteroatoms. The molecule has 144 valence electrons. The van der Waals surface area contributed by atoms with Gasteiger partial charge >= 0.3 is 6.18 Å². The van der Waals surface area contributed by atoms with Crippen LogP contribution in [0.3, 0.4) is 0 Å². The van der Waals surface area contributed by atoms with Crippen molar-refractivity contribution in [3.63, 3.8) is 0 Å². The predicted octanol–water partition coefficient (Wildman–Crippen LogP) is 2.68. The highest BCUT2D eigenvalue weighted by molar-refractivity contribution is 6.06. The van der Waals surface area contributed by atoms with Gasteiger partial charge in [-0.25, -0.2) is 0 Å². The largest absolute Gasteiger partial charge is 0.416 e. The molecule has 2 N–H and O–H groups in total. The van der Waals surface area contributed by atoms with Gasteiger partial charge in [-0.15, -0.1) is 0 Å². The maximum absolute atomic E-state index is 12.9. The summed E-state index contributed by atoms with van der Waals surface area (Å²) >= 11 is 0. The van der Waals surface area contributed by atoms with Crippen molar-refractivity contribution in [2.24, 2.45) is 0 Å². The highest BCUT2D eigenvalue weighted by Gasteiger charge is 2.31. The maximum Gasteiger partial charge on any atom is 0.416 e. The van der Waals surface area contributed by atoms with Crippen LogP contribution < -0.4 is 15.1 Å². The lowest BCUT2D eigenvalue weighted by atomic mass is 10.1. The van der Waals surface area contributed by atoms with Gasteiger partial charge in [0.2, 0.25) is 0 Å². The molecule has 0 spiro atoms. The van der Waals surface area contributed by atoms with Gasteiger partial charge in [-0.1, -0.05) is 18.2 Å². The number of carbonyl (C=O) groups excluding carboxylic acids is 1. The predicted molar refractivity (Wildman–Crippen MR) is 99.3 cm³/mol. The molecule has 0 saturated carbocycles. The number of para-hydroxylation sites is 2. The van der Waals surface area contributed by atoms with Crippen LogP contribution in [0.1, 0.15) is 22.8 Å². The summed E-state index contributed by atoms with van der Waals surface area (Å²) in [6, 6.07) is 11.9. The van der Waals surface area contributed by atoms with E-state index in [1.54, 1.807) is 12.1 Å². The van der Waals surface area contributed by atoms with Crippen molar-refractivity contribution >= 4 is 17.3 Å². The number of amides is 1. The quantitative estimate of drug-likeness (QED) is 0.858. The van der Waals surface area contributed by atoms with Crippen LogP contribution in [-0.4, -0.2) is 38.6 Å². The van der Waals surface area contributed by atoms with Crippen LogP contribution in [0, 0.1) is 0 Å². The molecule has 1 saturated heterocycles. The SMILES string of the molecule is CC[NH+]1CCN(c2ccccc2NC(=O)c2cccc(C(F)(F)F)c2)CC1. The van der Waals surface area contributed by atoms with Gasteiger partial charge in [0.15, 0.2) is 0 Å². The summed E-state index contributed by atoms with van der Waals surface area (Å²) < 4.78 is 38.7. The fraction of sp³-hybridized carbons (Fsp3) is 0.350. The molecule has 2 aromatic rings. The van der Waals surface area contributed by atoms with Crippen molar-refractivity contribution in [1.82, 2.24) is 0 Å². The number of likely N-dealkylation sites (N-methyl/N-ethyl adjacent to an activating group) is 1. The first-order chi connectivity index (χ1) is 12.9. The number of benzene rings is 2. The van der Waals surface area contributed by atoms with E-state index in [2.05, 4.69) is 17.1 Å². The molecule has 4 nitrogen and oxygen atoms in total. The van der Waals surface area contributed by atoms with Gasteiger partial charge in [-0.05, 0) is 37.3 Å². The maximum atomic E-state index is 12.9. The topological polar surface area (TPSA) is 36.8 Å². The van der Waals surface area contributed by atoms with Crippen molar-refractivity contribution in [2.45, 2.75) is 13.1 Å². The summed E-state index contributed by atoms with van der Waals surface area (Å²) in [4.78, 5) is 16.3. The third-order valence-electron chi connectivity index (χ3n) is 4.92. The Kier molecular flexibility index (Phi) is 5.70. The number of anilines is 2. The number of hydrogen-bond donors (Lipinski definition) is 2. The number of nitrogens with zero attached hydrogens (tertiary/aromatic N) is 1. The van der Waals surface area contributed by atoms with Gasteiger partial charge in [0.05, 0.1) is 49.7 Å². The molecule has 1 heterocycles. The van der Waals surface area contributed by atoms with E-state index >= 15 is 0 Å². The van der Waals surface area contributed by atoms with Gasteiger partial charge in [-0.2, -0.15) is 13.2 Å². The first kappa shape index (κ1) is 19.2. The van der Waals surface area contributed by atoms with E-state index in [1.807, 2.05) is 12.1 Å². The zero-order valence-corrected chi connectivity index (χ0v) is 15.1. The van der Waals surface area contributed by atoms with Crippen LogP contribution in [0.2, 0.25) is 0 Å². The number of nitrogens with one attached hydrogen (secondary N) is 2. The zero-order valence-electron chi connectivity index (χ0n) is 15.1. The highest BCUT2D eigenvalue weighted by Crippen LogP contribution is 2.30. The average molecular weight is 378 g/mol. The lowest BCUT2D eigenvalue weighted by Gasteiger charge is -2.34. The number of piperazine rings is 1. The molecule has 0 aliphatic carbocycles. The summed E-state index contributed by atoms with van der Waals surface area (Å²) in [6.45, 7) is 7.04. The second-order valence-corrected chi connectivity index (χ2v) is 6.64. The van der Waals surface area contributed by atoms with Crippen LogP contribution in [0.4, 0.5) is 24.5 Å². The number of halogens is 3. The van der Waals surface area contributed by atoms with Crippen LogP contribution in [0.15, 0.2) is 48.5 Å². The van der Waals surface area contributed by atoms with Crippen molar-refractivity contribution in [1.29, 1.82) is 0 Å². The Balaban J connectivity index is 1.78. The number of carbonyl (C=O) groups is 1. The van der Waals surface area contributed by atoms with Crippen LogP contribution in [0.25, 0.3) is 0 Å². The first-order valence-corrected chi connectivity index (χ1v) is 9.04. The second kappa shape index (κ2) is 8.00. The van der Waals surface area contributed by atoms with E-state index in [0.29, 0.717) is 5.69 Å². The van der Waals surface area contributed by atoms with Gasteiger partial charge in [0, 0.05) is 5.56 Å². The molecule has 1 aliphatic rings. The minimum Gasteiger partial charge on any atom is -0.359 e. The van der Waals surface area contributed by atoms with E-state index in [-0.39, 0.29) is 5.56 Å². The van der Waals surface area contributed by atoms with Crippen molar-refractivity contribution in [3.8, 4) is 0 Å². The Hall–Kier alpha value is -2.54. The van der Waals surface area contributed by atoms with E-state index in [4.69, 9.17) is 0 Å². The summed E-state index contributed by atoms with van der Waals surface area (Å²) in [6.07, 6.45) is -4.48. The molecule has 0 radical (unpaired) electrons. The van der Waals surface area contributed by atoms with Gasteiger partial charge in [0.25, 0.3) is 5.91 Å². The Morgan fingerprint density at radius 2 is 1.81 bits per heavy atom. The molecule has 1 aliphatic heterocycles. The molecule has 1 amide bonds. The van der Waals surface area contributed by atoms with E-state index in [0.717, 1.165) is 50.5 Å². The van der Waals surface area contributed by atoms with Gasteiger partial charge in [0.1, 0.15) is 0 Å². The minimum atomic E-state index is -4.48. The fourth-order valence-corrected chi connectivity index (χ4v) is 3.30. The Labute approximate surface area is 156 Å². The third-order valence-corrected chi connectivity index (χ3v) is 4.92. The molecular weight excluding hydrogens is 355 g/mol. The Morgan fingerprint density at radius 3 is 2.48 bits per heavy atom. The molecule has 0 aromatic heterocycles. The number of quaternary nitrogens is 1. The van der Waals surface area contributed by atoms with Crippen molar-refractivity contribution in [2.75, 3.05) is 42.9 Å².